The van der Waals surface area contributed by atoms with Gasteiger partial charge in [0, 0.05) is 0 Å². The first-order valence-electron chi connectivity index (χ1n) is 6.08. The summed E-state index contributed by atoms with van der Waals surface area (Å²) in [6.45, 7) is 1.92. The highest BCUT2D eigenvalue weighted by atomic mass is 16.3. The molecule has 2 N–H and O–H groups in total. The summed E-state index contributed by atoms with van der Waals surface area (Å²) in [4.78, 5) is 18.9. The van der Waals surface area contributed by atoms with Crippen molar-refractivity contribution in [2.45, 2.75) is 6.92 Å². The van der Waals surface area contributed by atoms with Gasteiger partial charge >= 0.3 is 0 Å². The fourth-order valence-electron chi connectivity index (χ4n) is 2.06. The molecule has 0 spiro atoms. The molecule has 100 valence electrons. The van der Waals surface area contributed by atoms with Gasteiger partial charge in [-0.25, -0.2) is 0 Å². The number of aromatic hydroxyl groups is 1. The summed E-state index contributed by atoms with van der Waals surface area (Å²) in [5.74, 6) is -0.0202. The Hall–Kier alpha value is -2.82. The van der Waals surface area contributed by atoms with E-state index in [2.05, 4.69) is 9.97 Å². The minimum absolute atomic E-state index is 0.168. The number of aryl methyl sites for hydroxylation is 1. The van der Waals surface area contributed by atoms with E-state index >= 15 is 0 Å². The largest absolute Gasteiger partial charge is 0.493 e. The molecule has 0 aliphatic rings. The van der Waals surface area contributed by atoms with Crippen LogP contribution in [0.25, 0.3) is 22.5 Å². The standard InChI is InChI=1S/C15H12N2O3/c1-9-3-2-4-10(7-9)12-14(18)16-13(17-15(12)19)11-5-6-20-8-11/h2-8H,1H3,(H2,16,17,18,19). The first-order valence-corrected chi connectivity index (χ1v) is 6.08. The monoisotopic (exact) mass is 268 g/mol. The number of furan rings is 1. The number of benzene rings is 1. The normalized spacial score (nSPS) is 10.7. The third-order valence-electron chi connectivity index (χ3n) is 3.00. The molecule has 2 aromatic heterocycles. The predicted molar refractivity (Wildman–Crippen MR) is 74.4 cm³/mol. The van der Waals surface area contributed by atoms with Gasteiger partial charge in [0.1, 0.15) is 17.7 Å². The summed E-state index contributed by atoms with van der Waals surface area (Å²) in [6, 6.07) is 8.99. The van der Waals surface area contributed by atoms with Crippen LogP contribution in [0.15, 0.2) is 52.1 Å². The maximum absolute atomic E-state index is 12.2. The SMILES string of the molecule is Cc1cccc(-c2c(O)nc(-c3ccoc3)[nH]c2=O)c1. The van der Waals surface area contributed by atoms with E-state index in [9.17, 15) is 9.90 Å². The quantitative estimate of drug-likeness (QED) is 0.749. The molecule has 0 radical (unpaired) electrons. The predicted octanol–water partition coefficient (Wildman–Crippen LogP) is 2.71. The number of aromatic nitrogens is 2. The topological polar surface area (TPSA) is 79.1 Å². The number of H-pyrrole nitrogens is 1. The van der Waals surface area contributed by atoms with E-state index in [1.54, 1.807) is 12.1 Å². The highest BCUT2D eigenvalue weighted by molar-refractivity contribution is 5.69. The maximum Gasteiger partial charge on any atom is 0.262 e. The molecule has 5 heteroatoms. The molecular formula is C15H12N2O3. The van der Waals surface area contributed by atoms with E-state index in [-0.39, 0.29) is 22.8 Å². The number of aromatic amines is 1. The molecule has 0 unspecified atom stereocenters. The zero-order valence-electron chi connectivity index (χ0n) is 10.8. The zero-order valence-corrected chi connectivity index (χ0v) is 10.8. The number of rotatable bonds is 2. The first kappa shape index (κ1) is 12.2. The van der Waals surface area contributed by atoms with Gasteiger partial charge in [-0.3, -0.25) is 4.79 Å². The molecule has 5 nitrogen and oxygen atoms in total. The number of hydrogen-bond acceptors (Lipinski definition) is 4. The van der Waals surface area contributed by atoms with Gasteiger partial charge in [-0.1, -0.05) is 29.8 Å². The zero-order chi connectivity index (χ0) is 14.1. The van der Waals surface area contributed by atoms with Crippen molar-refractivity contribution >= 4 is 0 Å². The fourth-order valence-corrected chi connectivity index (χ4v) is 2.06. The highest BCUT2D eigenvalue weighted by Gasteiger charge is 2.14. The van der Waals surface area contributed by atoms with Gasteiger partial charge in [0.15, 0.2) is 0 Å². The Labute approximate surface area is 114 Å². The van der Waals surface area contributed by atoms with Crippen LogP contribution in [0.5, 0.6) is 5.88 Å². The van der Waals surface area contributed by atoms with Crippen LogP contribution < -0.4 is 5.56 Å². The minimum atomic E-state index is -0.390. The molecule has 2 heterocycles. The summed E-state index contributed by atoms with van der Waals surface area (Å²) in [5, 5.41) is 10.1. The van der Waals surface area contributed by atoms with Crippen molar-refractivity contribution in [2.75, 3.05) is 0 Å². The number of nitrogens with zero attached hydrogens (tertiary/aromatic N) is 1. The smallest absolute Gasteiger partial charge is 0.262 e. The van der Waals surface area contributed by atoms with Gasteiger partial charge in [0.05, 0.1) is 11.8 Å². The van der Waals surface area contributed by atoms with Crippen molar-refractivity contribution in [3.05, 3.63) is 58.8 Å². The molecular weight excluding hydrogens is 256 g/mol. The summed E-state index contributed by atoms with van der Waals surface area (Å²) >= 11 is 0. The van der Waals surface area contributed by atoms with E-state index in [1.165, 1.54) is 12.5 Å². The first-order chi connectivity index (χ1) is 9.65. The Morgan fingerprint density at radius 1 is 1.25 bits per heavy atom. The van der Waals surface area contributed by atoms with Gasteiger partial charge in [-0.05, 0) is 18.6 Å². The van der Waals surface area contributed by atoms with Gasteiger partial charge in [-0.15, -0.1) is 0 Å². The van der Waals surface area contributed by atoms with Crippen LogP contribution in [-0.2, 0) is 0 Å². The Bertz CT molecular complexity index is 804. The summed E-state index contributed by atoms with van der Waals surface area (Å²) in [5.41, 5.74) is 2.02. The molecule has 0 fully saturated rings. The second-order valence-electron chi connectivity index (χ2n) is 4.49. The third-order valence-corrected chi connectivity index (χ3v) is 3.00. The third kappa shape index (κ3) is 2.09. The Kier molecular flexibility index (Phi) is 2.87. The molecule has 1 aromatic carbocycles. The van der Waals surface area contributed by atoms with E-state index in [1.807, 2.05) is 25.1 Å². The molecule has 0 saturated heterocycles. The number of hydrogen-bond donors (Lipinski definition) is 2. The van der Waals surface area contributed by atoms with Gasteiger partial charge in [0.25, 0.3) is 5.56 Å². The van der Waals surface area contributed by atoms with E-state index in [0.29, 0.717) is 11.1 Å². The Morgan fingerprint density at radius 2 is 2.10 bits per heavy atom. The lowest BCUT2D eigenvalue weighted by Gasteiger charge is -2.05. The van der Waals surface area contributed by atoms with Crippen LogP contribution in [0.2, 0.25) is 0 Å². The average molecular weight is 268 g/mol. The van der Waals surface area contributed by atoms with Crippen molar-refractivity contribution in [1.29, 1.82) is 0 Å². The summed E-state index contributed by atoms with van der Waals surface area (Å²) in [7, 11) is 0. The van der Waals surface area contributed by atoms with Crippen LogP contribution in [0.3, 0.4) is 0 Å². The lowest BCUT2D eigenvalue weighted by Crippen LogP contribution is -2.12. The maximum atomic E-state index is 12.2. The molecule has 3 aromatic rings. The molecule has 0 amide bonds. The van der Waals surface area contributed by atoms with Gasteiger partial charge in [0.2, 0.25) is 5.88 Å². The Morgan fingerprint density at radius 3 is 2.75 bits per heavy atom. The molecule has 0 saturated carbocycles. The average Bonchev–Trinajstić information content (AvgIpc) is 2.91. The second kappa shape index (κ2) is 4.70. The van der Waals surface area contributed by atoms with Crippen LogP contribution >= 0.6 is 0 Å². The minimum Gasteiger partial charge on any atom is -0.493 e. The van der Waals surface area contributed by atoms with Gasteiger partial charge in [-0.2, -0.15) is 4.98 Å². The van der Waals surface area contributed by atoms with Crippen molar-refractivity contribution < 1.29 is 9.52 Å². The Balaban J connectivity index is 2.17. The second-order valence-corrected chi connectivity index (χ2v) is 4.49. The molecule has 3 rings (SSSR count). The van der Waals surface area contributed by atoms with Crippen LogP contribution in [0.1, 0.15) is 5.56 Å². The molecule has 20 heavy (non-hydrogen) atoms. The summed E-state index contributed by atoms with van der Waals surface area (Å²) < 4.78 is 4.94. The van der Waals surface area contributed by atoms with Crippen molar-refractivity contribution in [3.63, 3.8) is 0 Å². The van der Waals surface area contributed by atoms with Crippen molar-refractivity contribution in [1.82, 2.24) is 9.97 Å². The molecule has 0 atom stereocenters. The molecule has 0 aliphatic heterocycles. The van der Waals surface area contributed by atoms with Crippen LogP contribution in [0, 0.1) is 6.92 Å². The van der Waals surface area contributed by atoms with Gasteiger partial charge < -0.3 is 14.5 Å². The van der Waals surface area contributed by atoms with E-state index < -0.39 is 0 Å². The highest BCUT2D eigenvalue weighted by Crippen LogP contribution is 2.26. The van der Waals surface area contributed by atoms with Crippen LogP contribution in [0.4, 0.5) is 0 Å². The molecule has 0 bridgehead atoms. The van der Waals surface area contributed by atoms with Crippen molar-refractivity contribution in [3.8, 4) is 28.4 Å². The molecule has 0 aliphatic carbocycles. The fraction of sp³-hybridized carbons (Fsp3) is 0.0667. The number of nitrogens with one attached hydrogen (secondary N) is 1. The van der Waals surface area contributed by atoms with E-state index in [4.69, 9.17) is 4.42 Å². The van der Waals surface area contributed by atoms with Crippen LogP contribution in [-0.4, -0.2) is 15.1 Å². The summed E-state index contributed by atoms with van der Waals surface area (Å²) in [6.07, 6.45) is 2.92. The lowest BCUT2D eigenvalue weighted by atomic mass is 10.1. The van der Waals surface area contributed by atoms with Crippen molar-refractivity contribution in [2.24, 2.45) is 0 Å². The lowest BCUT2D eigenvalue weighted by molar-refractivity contribution is 0.454. The van der Waals surface area contributed by atoms with E-state index in [0.717, 1.165) is 5.56 Å².